The molecule has 8 N–H and O–H groups in total. The molecule has 2 aromatic rings. The number of benzene rings is 2. The maximum absolute atomic E-state index is 12.1. The van der Waals surface area contributed by atoms with Crippen LogP contribution in [0.25, 0.3) is 6.08 Å². The summed E-state index contributed by atoms with van der Waals surface area (Å²) < 4.78 is 15.5. The van der Waals surface area contributed by atoms with Crippen molar-refractivity contribution in [3.63, 3.8) is 0 Å². The van der Waals surface area contributed by atoms with E-state index in [1.807, 2.05) is 0 Å². The van der Waals surface area contributed by atoms with Crippen LogP contribution in [0, 0.1) is 0 Å². The molecule has 0 aliphatic carbocycles. The Morgan fingerprint density at radius 1 is 0.946 bits per heavy atom. The van der Waals surface area contributed by atoms with Crippen LogP contribution in [-0.2, 0) is 25.5 Å². The zero-order chi connectivity index (χ0) is 27.3. The summed E-state index contributed by atoms with van der Waals surface area (Å²) in [5, 5.41) is 77.5. The molecule has 0 bridgehead atoms. The average molecular weight is 522 g/mol. The van der Waals surface area contributed by atoms with Crippen LogP contribution in [0.15, 0.2) is 42.5 Å². The summed E-state index contributed by atoms with van der Waals surface area (Å²) in [6, 6.07) is 7.52. The molecule has 13 nitrogen and oxygen atoms in total. The van der Waals surface area contributed by atoms with Crippen molar-refractivity contribution in [2.75, 3.05) is 6.61 Å². The van der Waals surface area contributed by atoms with E-state index in [0.29, 0.717) is 5.56 Å². The minimum absolute atomic E-state index is 0.211. The standard InChI is InChI=1S/C24H26O13/c25-10-18-20(30)21(31)22(32)24(37-18)36-16-5-2-12(8-15(16)28)9-17(23(33)34)35-19(29)6-3-11-1-4-13(26)14(27)7-11/h1-8,17-18,20-22,24-28,30-32H,9-10H2,(H,33,34)/t17-,18-,20-,21+,22-,24-/m1/s1. The van der Waals surface area contributed by atoms with E-state index in [1.54, 1.807) is 0 Å². The Hall–Kier alpha value is -3.88. The normalized spacial score (nSPS) is 24.5. The van der Waals surface area contributed by atoms with Gasteiger partial charge in [0.1, 0.15) is 24.4 Å². The first-order valence-corrected chi connectivity index (χ1v) is 10.9. The summed E-state index contributed by atoms with van der Waals surface area (Å²) in [7, 11) is 0. The Balaban J connectivity index is 1.65. The van der Waals surface area contributed by atoms with E-state index in [4.69, 9.17) is 14.2 Å². The molecule has 2 aromatic carbocycles. The Labute approximate surface area is 209 Å². The smallest absolute Gasteiger partial charge is 0.345 e. The van der Waals surface area contributed by atoms with E-state index in [9.17, 15) is 50.4 Å². The first kappa shape index (κ1) is 27.7. The van der Waals surface area contributed by atoms with Crippen LogP contribution in [0.2, 0.25) is 0 Å². The second kappa shape index (κ2) is 11.9. The third-order valence-corrected chi connectivity index (χ3v) is 5.48. The molecule has 0 aromatic heterocycles. The molecule has 1 aliphatic heterocycles. The molecule has 1 fully saturated rings. The second-order valence-electron chi connectivity index (χ2n) is 8.17. The number of carbonyl (C=O) groups is 2. The van der Waals surface area contributed by atoms with Crippen molar-refractivity contribution in [2.45, 2.75) is 43.2 Å². The number of carboxylic acid groups (broad SMARTS) is 1. The number of aliphatic carboxylic acids is 1. The van der Waals surface area contributed by atoms with Gasteiger partial charge >= 0.3 is 11.9 Å². The van der Waals surface area contributed by atoms with Crippen LogP contribution in [0.4, 0.5) is 0 Å². The van der Waals surface area contributed by atoms with Gasteiger partial charge in [0.15, 0.2) is 23.0 Å². The number of aromatic hydroxyl groups is 3. The largest absolute Gasteiger partial charge is 0.504 e. The Kier molecular flexibility index (Phi) is 8.91. The number of esters is 1. The number of ether oxygens (including phenoxy) is 3. The molecular weight excluding hydrogens is 496 g/mol. The Morgan fingerprint density at radius 3 is 2.30 bits per heavy atom. The topological polar surface area (TPSA) is 224 Å². The van der Waals surface area contributed by atoms with E-state index in [1.165, 1.54) is 36.4 Å². The van der Waals surface area contributed by atoms with E-state index in [0.717, 1.165) is 12.1 Å². The number of hydrogen-bond donors (Lipinski definition) is 8. The Bertz CT molecular complexity index is 1150. The van der Waals surface area contributed by atoms with E-state index < -0.39 is 66.9 Å². The predicted molar refractivity (Wildman–Crippen MR) is 123 cm³/mol. The van der Waals surface area contributed by atoms with Gasteiger partial charge in [-0.25, -0.2) is 9.59 Å². The molecule has 0 saturated carbocycles. The number of aliphatic hydroxyl groups excluding tert-OH is 4. The van der Waals surface area contributed by atoms with Crippen LogP contribution < -0.4 is 4.74 Å². The molecule has 6 atom stereocenters. The second-order valence-corrected chi connectivity index (χ2v) is 8.17. The number of aliphatic hydroxyl groups is 4. The van der Waals surface area contributed by atoms with Crippen LogP contribution in [-0.4, -0.2) is 96.2 Å². The van der Waals surface area contributed by atoms with E-state index >= 15 is 0 Å². The molecule has 3 rings (SSSR count). The van der Waals surface area contributed by atoms with Gasteiger partial charge in [0.2, 0.25) is 12.4 Å². The third-order valence-electron chi connectivity index (χ3n) is 5.48. The van der Waals surface area contributed by atoms with Gasteiger partial charge in [0.05, 0.1) is 6.61 Å². The monoisotopic (exact) mass is 522 g/mol. The van der Waals surface area contributed by atoms with E-state index in [-0.39, 0.29) is 23.5 Å². The molecule has 0 unspecified atom stereocenters. The zero-order valence-electron chi connectivity index (χ0n) is 19.1. The maximum atomic E-state index is 12.1. The lowest BCUT2D eigenvalue weighted by Crippen LogP contribution is -2.60. The highest BCUT2D eigenvalue weighted by atomic mass is 16.7. The summed E-state index contributed by atoms with van der Waals surface area (Å²) in [5.41, 5.74) is 0.588. The van der Waals surface area contributed by atoms with E-state index in [2.05, 4.69) is 0 Å². The minimum Gasteiger partial charge on any atom is -0.504 e. The number of rotatable bonds is 9. The molecule has 1 heterocycles. The van der Waals surface area contributed by atoms with Crippen LogP contribution in [0.1, 0.15) is 11.1 Å². The van der Waals surface area contributed by atoms with Crippen molar-refractivity contribution >= 4 is 18.0 Å². The highest BCUT2D eigenvalue weighted by molar-refractivity contribution is 5.89. The van der Waals surface area contributed by atoms with Crippen LogP contribution in [0.3, 0.4) is 0 Å². The number of carbonyl (C=O) groups excluding carboxylic acids is 1. The van der Waals surface area contributed by atoms with Gasteiger partial charge in [-0.1, -0.05) is 12.1 Å². The highest BCUT2D eigenvalue weighted by Gasteiger charge is 2.44. The lowest BCUT2D eigenvalue weighted by Gasteiger charge is -2.39. The highest BCUT2D eigenvalue weighted by Crippen LogP contribution is 2.32. The number of carboxylic acids is 1. The number of phenolic OH excluding ortho intramolecular Hbond substituents is 3. The average Bonchev–Trinajstić information content (AvgIpc) is 2.86. The third kappa shape index (κ3) is 6.87. The molecule has 0 spiro atoms. The SMILES string of the molecule is O=C(C=Cc1ccc(O)c(O)c1)O[C@H](Cc1ccc(O[C@@H]2O[C@H](CO)[C@@H](O)[C@H](O)[C@H]2O)c(O)c1)C(=O)O. The van der Waals surface area contributed by atoms with Crippen molar-refractivity contribution < 1.29 is 64.7 Å². The fraction of sp³-hybridized carbons (Fsp3) is 0.333. The Morgan fingerprint density at radius 2 is 1.68 bits per heavy atom. The van der Waals surface area contributed by atoms with Crippen molar-refractivity contribution in [3.05, 3.63) is 53.6 Å². The summed E-state index contributed by atoms with van der Waals surface area (Å²) in [5.74, 6) is -3.90. The van der Waals surface area contributed by atoms with Crippen molar-refractivity contribution in [1.29, 1.82) is 0 Å². The number of hydrogen-bond acceptors (Lipinski definition) is 12. The maximum Gasteiger partial charge on any atom is 0.345 e. The van der Waals surface area contributed by atoms with Gasteiger partial charge in [-0.3, -0.25) is 0 Å². The molecular formula is C24H26O13. The fourth-order valence-corrected chi connectivity index (χ4v) is 3.46. The summed E-state index contributed by atoms with van der Waals surface area (Å²) in [4.78, 5) is 23.7. The molecule has 0 radical (unpaired) electrons. The van der Waals surface area contributed by atoms with Gasteiger partial charge in [-0.15, -0.1) is 0 Å². The zero-order valence-corrected chi connectivity index (χ0v) is 19.1. The van der Waals surface area contributed by atoms with Crippen molar-refractivity contribution in [1.82, 2.24) is 0 Å². The predicted octanol–water partition coefficient (Wildman–Crippen LogP) is -0.766. The van der Waals surface area contributed by atoms with Crippen LogP contribution >= 0.6 is 0 Å². The van der Waals surface area contributed by atoms with Gasteiger partial charge in [0.25, 0.3) is 0 Å². The molecule has 13 heteroatoms. The van der Waals surface area contributed by atoms with Gasteiger partial charge in [0, 0.05) is 12.5 Å². The lowest BCUT2D eigenvalue weighted by molar-refractivity contribution is -0.277. The lowest BCUT2D eigenvalue weighted by atomic mass is 9.99. The summed E-state index contributed by atoms with van der Waals surface area (Å²) in [6.45, 7) is -0.669. The quantitative estimate of drug-likeness (QED) is 0.115. The van der Waals surface area contributed by atoms with Gasteiger partial charge in [-0.05, 0) is 41.5 Å². The summed E-state index contributed by atoms with van der Waals surface area (Å²) in [6.07, 6.45) is -7.50. The summed E-state index contributed by atoms with van der Waals surface area (Å²) >= 11 is 0. The first-order chi connectivity index (χ1) is 17.5. The first-order valence-electron chi connectivity index (χ1n) is 10.9. The number of phenols is 3. The molecule has 200 valence electrons. The molecule has 37 heavy (non-hydrogen) atoms. The van der Waals surface area contributed by atoms with Crippen LogP contribution in [0.5, 0.6) is 23.0 Å². The molecule has 1 aliphatic rings. The molecule has 1 saturated heterocycles. The van der Waals surface area contributed by atoms with Crippen molar-refractivity contribution in [2.24, 2.45) is 0 Å². The minimum atomic E-state index is -1.70. The molecule has 0 amide bonds. The van der Waals surface area contributed by atoms with Gasteiger partial charge < -0.3 is 55.1 Å². The van der Waals surface area contributed by atoms with Crippen molar-refractivity contribution in [3.8, 4) is 23.0 Å². The fourth-order valence-electron chi connectivity index (χ4n) is 3.46. The van der Waals surface area contributed by atoms with Gasteiger partial charge in [-0.2, -0.15) is 0 Å².